The van der Waals surface area contributed by atoms with Gasteiger partial charge < -0.3 is 25.3 Å². The molecule has 0 aromatic heterocycles. The number of nitrogens with one attached hydrogen (secondary N) is 1. The van der Waals surface area contributed by atoms with Gasteiger partial charge in [0, 0.05) is 69.3 Å². The van der Waals surface area contributed by atoms with Gasteiger partial charge in [-0.15, -0.1) is 0 Å². The van der Waals surface area contributed by atoms with E-state index >= 15 is 4.39 Å². The maximum Gasteiger partial charge on any atom is 0.184 e. The SMILES string of the molecule is Cc1ccc(N2CCN(c3cc(N4CCN(C)CC4)c(C=NNC(N)=S)cc3F)CC2)cc1C. The van der Waals surface area contributed by atoms with Gasteiger partial charge in [0.15, 0.2) is 5.11 Å². The molecule has 0 amide bonds. The molecule has 0 saturated carbocycles. The second kappa shape index (κ2) is 10.6. The zero-order valence-corrected chi connectivity index (χ0v) is 21.0. The van der Waals surface area contributed by atoms with Crippen LogP contribution in [0, 0.1) is 19.7 Å². The van der Waals surface area contributed by atoms with Gasteiger partial charge in [-0.25, -0.2) is 4.39 Å². The average Bonchev–Trinajstić information content (AvgIpc) is 2.82. The maximum atomic E-state index is 15.3. The highest BCUT2D eigenvalue weighted by Gasteiger charge is 2.24. The lowest BCUT2D eigenvalue weighted by atomic mass is 10.1. The summed E-state index contributed by atoms with van der Waals surface area (Å²) in [5.74, 6) is -0.241. The molecule has 2 aromatic carbocycles. The van der Waals surface area contributed by atoms with Crippen LogP contribution in [0.1, 0.15) is 16.7 Å². The van der Waals surface area contributed by atoms with Crippen molar-refractivity contribution in [3.8, 4) is 0 Å². The average molecular weight is 484 g/mol. The van der Waals surface area contributed by atoms with Gasteiger partial charge in [0.2, 0.25) is 0 Å². The summed E-state index contributed by atoms with van der Waals surface area (Å²) in [6.45, 7) is 11.2. The molecule has 0 unspecified atom stereocenters. The van der Waals surface area contributed by atoms with Crippen molar-refractivity contribution in [1.29, 1.82) is 0 Å². The Morgan fingerprint density at radius 2 is 1.53 bits per heavy atom. The van der Waals surface area contributed by atoms with E-state index in [0.717, 1.165) is 58.0 Å². The zero-order valence-electron chi connectivity index (χ0n) is 20.2. The summed E-state index contributed by atoms with van der Waals surface area (Å²) in [7, 11) is 2.12. The Kier molecular flexibility index (Phi) is 7.53. The van der Waals surface area contributed by atoms with E-state index in [0.29, 0.717) is 11.3 Å². The number of rotatable bonds is 5. The largest absolute Gasteiger partial charge is 0.375 e. The highest BCUT2D eigenvalue weighted by Crippen LogP contribution is 2.31. The number of thiocarbonyl (C=S) groups is 1. The van der Waals surface area contributed by atoms with Gasteiger partial charge in [-0.1, -0.05) is 6.07 Å². The summed E-state index contributed by atoms with van der Waals surface area (Å²) in [5.41, 5.74) is 14.2. The van der Waals surface area contributed by atoms with E-state index in [2.05, 4.69) is 69.2 Å². The third kappa shape index (κ3) is 5.59. The van der Waals surface area contributed by atoms with Crippen LogP contribution in [0.2, 0.25) is 0 Å². The van der Waals surface area contributed by atoms with Gasteiger partial charge >= 0.3 is 0 Å². The van der Waals surface area contributed by atoms with Gasteiger partial charge in [0.05, 0.1) is 11.9 Å². The first-order valence-electron chi connectivity index (χ1n) is 11.7. The van der Waals surface area contributed by atoms with Gasteiger partial charge in [-0.3, -0.25) is 5.43 Å². The normalized spacial score (nSPS) is 17.5. The minimum atomic E-state index is -0.241. The topological polar surface area (TPSA) is 63.4 Å². The quantitative estimate of drug-likeness (QED) is 0.385. The number of hydrazone groups is 1. The van der Waals surface area contributed by atoms with Crippen molar-refractivity contribution in [2.24, 2.45) is 10.8 Å². The molecule has 34 heavy (non-hydrogen) atoms. The summed E-state index contributed by atoms with van der Waals surface area (Å²) in [6.07, 6.45) is 1.59. The predicted molar refractivity (Wildman–Crippen MR) is 144 cm³/mol. The number of hydrogen-bond acceptors (Lipinski definition) is 6. The molecular formula is C25H34FN7S. The van der Waals surface area contributed by atoms with Gasteiger partial charge in [-0.05, 0) is 68.5 Å². The fraction of sp³-hybridized carbons (Fsp3) is 0.440. The minimum absolute atomic E-state index is 0.0798. The summed E-state index contributed by atoms with van der Waals surface area (Å²) in [4.78, 5) is 9.14. The Morgan fingerprint density at radius 1 is 0.912 bits per heavy atom. The second-order valence-corrected chi connectivity index (χ2v) is 9.57. The van der Waals surface area contributed by atoms with Crippen LogP contribution in [0.4, 0.5) is 21.5 Å². The third-order valence-electron chi connectivity index (χ3n) is 6.79. The molecule has 9 heteroatoms. The molecule has 3 N–H and O–H groups in total. The third-order valence-corrected chi connectivity index (χ3v) is 6.89. The van der Waals surface area contributed by atoms with Crippen molar-refractivity contribution < 1.29 is 4.39 Å². The molecule has 7 nitrogen and oxygen atoms in total. The van der Waals surface area contributed by atoms with E-state index in [1.165, 1.54) is 16.8 Å². The number of nitrogens with two attached hydrogens (primary N) is 1. The summed E-state index contributed by atoms with van der Waals surface area (Å²) in [6, 6.07) is 10.1. The fourth-order valence-electron chi connectivity index (χ4n) is 4.53. The van der Waals surface area contributed by atoms with Crippen molar-refractivity contribution in [3.05, 3.63) is 52.8 Å². The molecule has 2 saturated heterocycles. The highest BCUT2D eigenvalue weighted by molar-refractivity contribution is 7.80. The number of anilines is 3. The van der Waals surface area contributed by atoms with Gasteiger partial charge in [-0.2, -0.15) is 5.10 Å². The lowest BCUT2D eigenvalue weighted by molar-refractivity contribution is 0.313. The van der Waals surface area contributed by atoms with E-state index in [1.807, 2.05) is 6.07 Å². The first-order valence-corrected chi connectivity index (χ1v) is 12.2. The number of piperazine rings is 2. The molecule has 2 aliphatic rings. The molecule has 2 aliphatic heterocycles. The number of hydrogen-bond donors (Lipinski definition) is 2. The van der Waals surface area contributed by atoms with Gasteiger partial charge in [0.1, 0.15) is 5.82 Å². The lowest BCUT2D eigenvalue weighted by Gasteiger charge is -2.39. The molecule has 2 aromatic rings. The van der Waals surface area contributed by atoms with Crippen molar-refractivity contribution >= 4 is 40.6 Å². The van der Waals surface area contributed by atoms with E-state index < -0.39 is 0 Å². The molecular weight excluding hydrogens is 449 g/mol. The van der Waals surface area contributed by atoms with E-state index in [4.69, 9.17) is 18.0 Å². The van der Waals surface area contributed by atoms with Crippen LogP contribution >= 0.6 is 12.2 Å². The molecule has 4 rings (SSSR count). The van der Waals surface area contributed by atoms with Crippen LogP contribution in [0.15, 0.2) is 35.4 Å². The summed E-state index contributed by atoms with van der Waals surface area (Å²) >= 11 is 4.82. The number of benzene rings is 2. The summed E-state index contributed by atoms with van der Waals surface area (Å²) < 4.78 is 15.3. The smallest absolute Gasteiger partial charge is 0.184 e. The van der Waals surface area contributed by atoms with Crippen molar-refractivity contribution in [2.75, 3.05) is 74.1 Å². The van der Waals surface area contributed by atoms with Crippen LogP contribution in [-0.4, -0.2) is 75.6 Å². The lowest BCUT2D eigenvalue weighted by Crippen LogP contribution is -2.47. The first kappa shape index (κ1) is 24.2. The van der Waals surface area contributed by atoms with Crippen LogP contribution in [0.3, 0.4) is 0 Å². The van der Waals surface area contributed by atoms with Crippen LogP contribution in [-0.2, 0) is 0 Å². The zero-order chi connectivity index (χ0) is 24.2. The standard InChI is InChI=1S/C25H34FN7S/c1-18-4-5-21(14-19(18)2)31-10-12-33(13-11-31)24-16-23(32-8-6-30(3)7-9-32)20(15-22(24)26)17-28-29-25(27)34/h4-5,14-17H,6-13H2,1-3H3,(H3,27,29,34). The number of aryl methyl sites for hydroxylation is 2. The fourth-order valence-corrected chi connectivity index (χ4v) is 4.58. The minimum Gasteiger partial charge on any atom is -0.375 e. The number of nitrogens with zero attached hydrogens (tertiary/aromatic N) is 5. The van der Waals surface area contributed by atoms with Crippen molar-refractivity contribution in [1.82, 2.24) is 10.3 Å². The highest BCUT2D eigenvalue weighted by atomic mass is 32.1. The van der Waals surface area contributed by atoms with Crippen LogP contribution in [0.25, 0.3) is 0 Å². The molecule has 2 heterocycles. The Labute approximate surface area is 207 Å². The maximum absolute atomic E-state index is 15.3. The number of halogens is 1. The number of likely N-dealkylation sites (N-methyl/N-ethyl adjacent to an activating group) is 1. The molecule has 0 aliphatic carbocycles. The first-order chi connectivity index (χ1) is 16.3. The van der Waals surface area contributed by atoms with Gasteiger partial charge in [0.25, 0.3) is 0 Å². The molecule has 0 bridgehead atoms. The monoisotopic (exact) mass is 483 g/mol. The Bertz CT molecular complexity index is 1060. The molecule has 0 atom stereocenters. The summed E-state index contributed by atoms with van der Waals surface area (Å²) in [5, 5.41) is 4.17. The molecule has 182 valence electrons. The Hall–Kier alpha value is -2.91. The Balaban J connectivity index is 1.55. The molecule has 0 radical (unpaired) electrons. The Morgan fingerprint density at radius 3 is 2.18 bits per heavy atom. The second-order valence-electron chi connectivity index (χ2n) is 9.13. The van der Waals surface area contributed by atoms with E-state index in [9.17, 15) is 0 Å². The molecule has 0 spiro atoms. The predicted octanol–water partition coefficient (Wildman–Crippen LogP) is 2.69. The van der Waals surface area contributed by atoms with Crippen molar-refractivity contribution in [2.45, 2.75) is 13.8 Å². The van der Waals surface area contributed by atoms with E-state index in [-0.39, 0.29) is 10.9 Å². The van der Waals surface area contributed by atoms with Crippen LogP contribution in [0.5, 0.6) is 0 Å². The van der Waals surface area contributed by atoms with Crippen LogP contribution < -0.4 is 25.9 Å². The van der Waals surface area contributed by atoms with Crippen molar-refractivity contribution in [3.63, 3.8) is 0 Å². The van der Waals surface area contributed by atoms with E-state index in [1.54, 1.807) is 12.3 Å². The molecule has 2 fully saturated rings.